The number of halogens is 1. The molecule has 0 bridgehead atoms. The number of nitrogens with zero attached hydrogens (tertiary/aromatic N) is 1. The van der Waals surface area contributed by atoms with Gasteiger partial charge >= 0.3 is 0 Å². The zero-order valence-corrected chi connectivity index (χ0v) is 10.2. The van der Waals surface area contributed by atoms with Crippen LogP contribution in [0.5, 0.6) is 0 Å². The van der Waals surface area contributed by atoms with Crippen LogP contribution in [0.1, 0.15) is 6.42 Å². The third-order valence-corrected chi connectivity index (χ3v) is 3.41. The van der Waals surface area contributed by atoms with E-state index < -0.39 is 6.35 Å². The van der Waals surface area contributed by atoms with Crippen molar-refractivity contribution in [3.63, 3.8) is 0 Å². The fourth-order valence-corrected chi connectivity index (χ4v) is 2.53. The van der Waals surface area contributed by atoms with E-state index in [0.29, 0.717) is 18.0 Å². The van der Waals surface area contributed by atoms with Gasteiger partial charge in [0.15, 0.2) is 0 Å². The van der Waals surface area contributed by atoms with Gasteiger partial charge in [-0.25, -0.2) is 0 Å². The Morgan fingerprint density at radius 3 is 3.00 bits per heavy atom. The van der Waals surface area contributed by atoms with Crippen molar-refractivity contribution in [2.24, 2.45) is 0 Å². The number of aliphatic hydroxyl groups is 1. The van der Waals surface area contributed by atoms with E-state index in [4.69, 9.17) is 11.6 Å². The Hall–Kier alpha value is -1.72. The number of hydrogen-bond acceptors (Lipinski definition) is 3. The number of aliphatic hydroxyl groups excluding tert-OH is 1. The molecule has 2 heterocycles. The number of anilines is 1. The van der Waals surface area contributed by atoms with Gasteiger partial charge in [-0.3, -0.25) is 4.79 Å². The molecule has 3 N–H and O–H groups in total. The smallest absolute Gasteiger partial charge is 0.225 e. The molecular weight excluding hydrogens is 254 g/mol. The first-order valence-electron chi connectivity index (χ1n) is 5.66. The highest BCUT2D eigenvalue weighted by atomic mass is 35.5. The Morgan fingerprint density at radius 2 is 2.22 bits per heavy atom. The van der Waals surface area contributed by atoms with Crippen LogP contribution in [0.4, 0.5) is 5.69 Å². The highest BCUT2D eigenvalue weighted by Crippen LogP contribution is 2.35. The van der Waals surface area contributed by atoms with Crippen molar-refractivity contribution in [1.29, 1.82) is 0 Å². The third-order valence-electron chi connectivity index (χ3n) is 3.11. The van der Waals surface area contributed by atoms with Crippen molar-refractivity contribution < 1.29 is 9.90 Å². The van der Waals surface area contributed by atoms with Crippen LogP contribution < -0.4 is 10.2 Å². The largest absolute Gasteiger partial charge is 0.361 e. The van der Waals surface area contributed by atoms with Gasteiger partial charge in [0.05, 0.1) is 10.7 Å². The summed E-state index contributed by atoms with van der Waals surface area (Å²) in [6.45, 7) is 0.441. The summed E-state index contributed by atoms with van der Waals surface area (Å²) < 4.78 is 0. The molecule has 1 unspecified atom stereocenters. The number of rotatable bonds is 1. The van der Waals surface area contributed by atoms with Gasteiger partial charge in [-0.05, 0) is 18.2 Å². The molecular formula is C12H12ClN3O2. The number of carbonyl (C=O) groups excluding carboxylic acids is 1. The molecule has 0 saturated carbocycles. The lowest BCUT2D eigenvalue weighted by atomic mass is 10.1. The number of amides is 1. The van der Waals surface area contributed by atoms with Gasteiger partial charge in [-0.1, -0.05) is 11.6 Å². The molecule has 0 aliphatic carbocycles. The predicted octanol–water partition coefficient (Wildman–Crippen LogP) is 1.42. The van der Waals surface area contributed by atoms with E-state index in [2.05, 4.69) is 10.3 Å². The van der Waals surface area contributed by atoms with Crippen LogP contribution in [-0.4, -0.2) is 28.9 Å². The summed E-state index contributed by atoms with van der Waals surface area (Å²) in [5, 5.41) is 13.9. The molecule has 1 fully saturated rings. The SMILES string of the molecule is O=C1CCN(c2c(Cl)ccc3[nH]ccc23)C(O)N1. The molecule has 5 nitrogen and oxygen atoms in total. The molecule has 1 atom stereocenters. The molecule has 0 spiro atoms. The fraction of sp³-hybridized carbons (Fsp3) is 0.250. The minimum Gasteiger partial charge on any atom is -0.361 e. The maximum absolute atomic E-state index is 11.2. The topological polar surface area (TPSA) is 68.4 Å². The summed E-state index contributed by atoms with van der Waals surface area (Å²) in [4.78, 5) is 16.0. The Morgan fingerprint density at radius 1 is 1.39 bits per heavy atom. The number of aromatic amines is 1. The van der Waals surface area contributed by atoms with E-state index in [1.165, 1.54) is 0 Å². The molecule has 2 aromatic rings. The molecule has 3 rings (SSSR count). The summed E-state index contributed by atoms with van der Waals surface area (Å²) >= 11 is 6.22. The van der Waals surface area contributed by atoms with Gasteiger partial charge in [0.2, 0.25) is 12.3 Å². The molecule has 1 aromatic carbocycles. The third kappa shape index (κ3) is 1.72. The summed E-state index contributed by atoms with van der Waals surface area (Å²) in [5.41, 5.74) is 1.68. The van der Waals surface area contributed by atoms with E-state index in [9.17, 15) is 9.90 Å². The minimum absolute atomic E-state index is 0.156. The zero-order valence-electron chi connectivity index (χ0n) is 9.48. The van der Waals surface area contributed by atoms with Gasteiger partial charge in [0.25, 0.3) is 0 Å². The normalized spacial score (nSPS) is 20.2. The first-order chi connectivity index (χ1) is 8.66. The highest BCUT2D eigenvalue weighted by Gasteiger charge is 2.27. The van der Waals surface area contributed by atoms with E-state index in [1.807, 2.05) is 18.3 Å². The molecule has 6 heteroatoms. The summed E-state index contributed by atoms with van der Waals surface area (Å²) in [5.74, 6) is -0.156. The number of carbonyl (C=O) groups is 1. The van der Waals surface area contributed by atoms with E-state index in [-0.39, 0.29) is 5.91 Å². The zero-order chi connectivity index (χ0) is 12.7. The van der Waals surface area contributed by atoms with Crippen LogP contribution in [0.2, 0.25) is 5.02 Å². The fourth-order valence-electron chi connectivity index (χ4n) is 2.26. The number of H-pyrrole nitrogens is 1. The van der Waals surface area contributed by atoms with Crippen molar-refractivity contribution in [1.82, 2.24) is 10.3 Å². The standard InChI is InChI=1S/C12H12ClN3O2/c13-8-1-2-9-7(3-5-14-9)11(8)16-6-4-10(17)15-12(16)18/h1-3,5,12,14,18H,4,6H2,(H,15,17). The molecule has 1 aliphatic heterocycles. The van der Waals surface area contributed by atoms with E-state index >= 15 is 0 Å². The Labute approximate surface area is 108 Å². The monoisotopic (exact) mass is 265 g/mol. The van der Waals surface area contributed by atoms with Crippen LogP contribution in [0.3, 0.4) is 0 Å². The van der Waals surface area contributed by atoms with E-state index in [0.717, 1.165) is 16.6 Å². The van der Waals surface area contributed by atoms with Gasteiger partial charge in [0, 0.05) is 30.1 Å². The van der Waals surface area contributed by atoms with Gasteiger partial charge in [-0.2, -0.15) is 0 Å². The summed E-state index contributed by atoms with van der Waals surface area (Å²) in [7, 11) is 0. The Bertz CT molecular complexity index is 610. The molecule has 94 valence electrons. The number of fused-ring (bicyclic) bond motifs is 1. The molecule has 18 heavy (non-hydrogen) atoms. The van der Waals surface area contributed by atoms with E-state index in [1.54, 1.807) is 11.0 Å². The van der Waals surface area contributed by atoms with Crippen LogP contribution >= 0.6 is 11.6 Å². The lowest BCUT2D eigenvalue weighted by Gasteiger charge is -2.35. The summed E-state index contributed by atoms with van der Waals surface area (Å²) in [6.07, 6.45) is 1.12. The van der Waals surface area contributed by atoms with Crippen LogP contribution in [0.25, 0.3) is 10.9 Å². The first kappa shape index (κ1) is 11.4. The highest BCUT2D eigenvalue weighted by molar-refractivity contribution is 6.35. The average Bonchev–Trinajstić information content (AvgIpc) is 2.79. The van der Waals surface area contributed by atoms with Gasteiger partial charge in [0.1, 0.15) is 0 Å². The molecule has 0 radical (unpaired) electrons. The number of benzene rings is 1. The Balaban J connectivity index is 2.10. The quantitative estimate of drug-likeness (QED) is 0.731. The maximum Gasteiger partial charge on any atom is 0.225 e. The Kier molecular flexibility index (Phi) is 2.65. The molecule has 1 amide bonds. The molecule has 1 aliphatic rings. The number of hydrogen-bond donors (Lipinski definition) is 3. The lowest BCUT2D eigenvalue weighted by molar-refractivity contribution is -0.125. The van der Waals surface area contributed by atoms with Crippen molar-refractivity contribution in [2.45, 2.75) is 12.8 Å². The second kappa shape index (κ2) is 4.19. The predicted molar refractivity (Wildman–Crippen MR) is 69.4 cm³/mol. The average molecular weight is 266 g/mol. The molecule has 1 aromatic heterocycles. The number of aromatic nitrogens is 1. The van der Waals surface area contributed by atoms with Crippen LogP contribution in [-0.2, 0) is 4.79 Å². The maximum atomic E-state index is 11.2. The summed E-state index contributed by atoms with van der Waals surface area (Å²) in [6, 6.07) is 5.56. The van der Waals surface area contributed by atoms with Crippen molar-refractivity contribution in [3.8, 4) is 0 Å². The second-order valence-electron chi connectivity index (χ2n) is 4.22. The van der Waals surface area contributed by atoms with Crippen LogP contribution in [0.15, 0.2) is 24.4 Å². The van der Waals surface area contributed by atoms with Gasteiger partial charge < -0.3 is 20.3 Å². The minimum atomic E-state index is -1.04. The first-order valence-corrected chi connectivity index (χ1v) is 6.04. The van der Waals surface area contributed by atoms with Crippen LogP contribution in [0, 0.1) is 0 Å². The second-order valence-corrected chi connectivity index (χ2v) is 4.63. The van der Waals surface area contributed by atoms with Crippen molar-refractivity contribution >= 4 is 34.1 Å². The number of nitrogens with one attached hydrogen (secondary N) is 2. The lowest BCUT2D eigenvalue weighted by Crippen LogP contribution is -2.54. The van der Waals surface area contributed by atoms with Crippen molar-refractivity contribution in [3.05, 3.63) is 29.4 Å². The van der Waals surface area contributed by atoms with Gasteiger partial charge in [-0.15, -0.1) is 0 Å². The van der Waals surface area contributed by atoms with Crippen molar-refractivity contribution in [2.75, 3.05) is 11.4 Å². The molecule has 1 saturated heterocycles.